The minimum atomic E-state index is -0.580. The van der Waals surface area contributed by atoms with Crippen LogP contribution in [0.15, 0.2) is 42.6 Å². The lowest BCUT2D eigenvalue weighted by atomic mass is 9.93. The molecule has 1 aromatic heterocycles. The predicted molar refractivity (Wildman–Crippen MR) is 93.9 cm³/mol. The van der Waals surface area contributed by atoms with Gasteiger partial charge in [-0.15, -0.1) is 0 Å². The average molecular weight is 321 g/mol. The number of nitrogens with one attached hydrogen (secondary N) is 2. The fraction of sp³-hybridized carbons (Fsp3) is 0.176. The van der Waals surface area contributed by atoms with Crippen molar-refractivity contribution >= 4 is 30.5 Å². The summed E-state index contributed by atoms with van der Waals surface area (Å²) in [5.74, 6) is 1.28. The van der Waals surface area contributed by atoms with Crippen molar-refractivity contribution in [1.29, 1.82) is 0 Å². The van der Waals surface area contributed by atoms with E-state index in [1.54, 1.807) is 12.1 Å². The van der Waals surface area contributed by atoms with E-state index >= 15 is 0 Å². The minimum Gasteiger partial charge on any atom is -0.485 e. The molecule has 0 amide bonds. The Morgan fingerprint density at radius 2 is 2.17 bits per heavy atom. The van der Waals surface area contributed by atoms with E-state index in [0.717, 1.165) is 5.70 Å². The molecule has 6 nitrogen and oxygen atoms in total. The number of hydrogen-bond donors (Lipinski definition) is 2. The molecular weight excluding hydrogens is 305 g/mol. The van der Waals surface area contributed by atoms with Crippen molar-refractivity contribution in [2.75, 3.05) is 18.5 Å². The molecule has 0 saturated carbocycles. The topological polar surface area (TPSA) is 76.2 Å². The standard InChI is InChI=1S/C17H16BN3O3/c1-3-5-10(6-4-2)19-17-20-12-9-11(16(18)22)14-15(13(12)21-17)24-8-7-23-14/h3-6,9H,1,7-8H2,2H3,(H2,19,20,21)/b6-4-,10-5+. The molecule has 0 saturated heterocycles. The maximum atomic E-state index is 11.7. The highest BCUT2D eigenvalue weighted by Crippen LogP contribution is 2.40. The van der Waals surface area contributed by atoms with Gasteiger partial charge in [-0.2, -0.15) is 0 Å². The van der Waals surface area contributed by atoms with Gasteiger partial charge in [0.05, 0.1) is 11.1 Å². The number of ether oxygens (including phenoxy) is 2. The van der Waals surface area contributed by atoms with E-state index in [0.29, 0.717) is 41.7 Å². The average Bonchev–Trinajstić information content (AvgIpc) is 2.97. The third-order valence-electron chi connectivity index (χ3n) is 3.43. The lowest BCUT2D eigenvalue weighted by molar-refractivity contribution is 0.107. The fourth-order valence-electron chi connectivity index (χ4n) is 2.49. The van der Waals surface area contributed by atoms with Crippen LogP contribution in [0.2, 0.25) is 0 Å². The summed E-state index contributed by atoms with van der Waals surface area (Å²) in [5, 5.41) is 3.15. The number of aromatic amines is 1. The SMILES string of the molecule is [B]C(=O)c1cc2[nH]c(NC(/C=C\C)=C/C=C)nc2c2c1OCCO2. The number of imidazole rings is 1. The van der Waals surface area contributed by atoms with Gasteiger partial charge in [0.1, 0.15) is 24.4 Å². The molecule has 0 bridgehead atoms. The largest absolute Gasteiger partial charge is 0.485 e. The fourth-order valence-corrected chi connectivity index (χ4v) is 2.49. The Hall–Kier alpha value is -2.96. The molecule has 1 aromatic carbocycles. The highest BCUT2D eigenvalue weighted by Gasteiger charge is 2.24. The molecule has 0 unspecified atom stereocenters. The Bertz CT molecular complexity index is 868. The third-order valence-corrected chi connectivity index (χ3v) is 3.43. The summed E-state index contributed by atoms with van der Waals surface area (Å²) in [7, 11) is 5.44. The molecule has 7 heteroatoms. The lowest BCUT2D eigenvalue weighted by Gasteiger charge is -2.20. The molecule has 1 aliphatic heterocycles. The highest BCUT2D eigenvalue weighted by molar-refractivity contribution is 6.62. The third kappa shape index (κ3) is 2.93. The van der Waals surface area contributed by atoms with E-state index in [1.165, 1.54) is 0 Å². The molecular formula is C17H16BN3O3. The first-order chi connectivity index (χ1) is 11.6. The van der Waals surface area contributed by atoms with Gasteiger partial charge in [0, 0.05) is 5.70 Å². The van der Waals surface area contributed by atoms with Gasteiger partial charge in [0.2, 0.25) is 5.95 Å². The van der Waals surface area contributed by atoms with E-state index in [1.807, 2.05) is 25.2 Å². The number of H-pyrrole nitrogens is 1. The van der Waals surface area contributed by atoms with Crippen LogP contribution in [0.25, 0.3) is 11.0 Å². The summed E-state index contributed by atoms with van der Waals surface area (Å²) in [6.07, 6.45) is 7.28. The molecule has 2 radical (unpaired) electrons. The Morgan fingerprint density at radius 1 is 1.42 bits per heavy atom. The smallest absolute Gasteiger partial charge is 0.205 e. The zero-order chi connectivity index (χ0) is 17.1. The van der Waals surface area contributed by atoms with Gasteiger partial charge in [0.25, 0.3) is 0 Å². The second-order valence-corrected chi connectivity index (χ2v) is 5.11. The van der Waals surface area contributed by atoms with Crippen LogP contribution in [0.5, 0.6) is 11.5 Å². The van der Waals surface area contributed by atoms with Crippen LogP contribution in [0.1, 0.15) is 17.3 Å². The molecule has 2 heterocycles. The van der Waals surface area contributed by atoms with Crippen molar-refractivity contribution < 1.29 is 14.3 Å². The quantitative estimate of drug-likeness (QED) is 0.654. The van der Waals surface area contributed by atoms with Crippen molar-refractivity contribution in [2.45, 2.75) is 6.92 Å². The number of aromatic nitrogens is 2. The van der Waals surface area contributed by atoms with Gasteiger partial charge in [0.15, 0.2) is 19.3 Å². The summed E-state index contributed by atoms with van der Waals surface area (Å²) in [4.78, 5) is 19.3. The van der Waals surface area contributed by atoms with Gasteiger partial charge in [-0.05, 0) is 25.1 Å². The van der Waals surface area contributed by atoms with E-state index in [4.69, 9.17) is 17.3 Å². The van der Waals surface area contributed by atoms with E-state index in [2.05, 4.69) is 21.9 Å². The van der Waals surface area contributed by atoms with Crippen molar-refractivity contribution in [1.82, 2.24) is 9.97 Å². The van der Waals surface area contributed by atoms with Crippen LogP contribution in [0.4, 0.5) is 5.95 Å². The number of allylic oxidation sites excluding steroid dienone is 4. The first kappa shape index (κ1) is 15.9. The Labute approximate surface area is 140 Å². The summed E-state index contributed by atoms with van der Waals surface area (Å²) in [5.41, 5.74) is 1.71. The number of nitrogens with zero attached hydrogens (tertiary/aromatic N) is 1. The van der Waals surface area contributed by atoms with E-state index < -0.39 is 5.68 Å². The lowest BCUT2D eigenvalue weighted by Crippen LogP contribution is -2.18. The Kier molecular flexibility index (Phi) is 4.42. The Balaban J connectivity index is 2.09. The second-order valence-electron chi connectivity index (χ2n) is 5.11. The Morgan fingerprint density at radius 3 is 2.83 bits per heavy atom. The number of rotatable bonds is 5. The van der Waals surface area contributed by atoms with Crippen molar-refractivity contribution in [3.8, 4) is 11.5 Å². The van der Waals surface area contributed by atoms with Crippen LogP contribution in [0, 0.1) is 0 Å². The molecule has 24 heavy (non-hydrogen) atoms. The summed E-state index contributed by atoms with van der Waals surface area (Å²) >= 11 is 0. The van der Waals surface area contributed by atoms with Gasteiger partial charge in [-0.25, -0.2) is 4.98 Å². The van der Waals surface area contributed by atoms with E-state index in [9.17, 15) is 4.79 Å². The number of benzene rings is 1. The van der Waals surface area contributed by atoms with Crippen LogP contribution >= 0.6 is 0 Å². The zero-order valence-electron chi connectivity index (χ0n) is 13.3. The summed E-state index contributed by atoms with van der Waals surface area (Å²) < 4.78 is 11.2. The number of carbonyl (C=O) groups excluding carboxylic acids is 1. The van der Waals surface area contributed by atoms with Gasteiger partial charge in [-0.3, -0.25) is 0 Å². The molecule has 0 fully saturated rings. The number of fused-ring (bicyclic) bond motifs is 3. The number of carbonyl (C=O) groups is 1. The van der Waals surface area contributed by atoms with Gasteiger partial charge in [-0.1, -0.05) is 18.7 Å². The molecule has 2 N–H and O–H groups in total. The first-order valence-corrected chi connectivity index (χ1v) is 7.48. The predicted octanol–water partition coefficient (Wildman–Crippen LogP) is 2.70. The molecule has 1 aliphatic rings. The molecule has 0 aliphatic carbocycles. The summed E-state index contributed by atoms with van der Waals surface area (Å²) in [6, 6.07) is 1.62. The highest BCUT2D eigenvalue weighted by atomic mass is 16.6. The van der Waals surface area contributed by atoms with Gasteiger partial charge < -0.3 is 24.6 Å². The van der Waals surface area contributed by atoms with Crippen molar-refractivity contribution in [3.63, 3.8) is 0 Å². The second kappa shape index (κ2) is 6.66. The van der Waals surface area contributed by atoms with Gasteiger partial charge >= 0.3 is 0 Å². The first-order valence-electron chi connectivity index (χ1n) is 7.48. The maximum absolute atomic E-state index is 11.7. The number of hydrogen-bond acceptors (Lipinski definition) is 5. The molecule has 120 valence electrons. The maximum Gasteiger partial charge on any atom is 0.205 e. The van der Waals surface area contributed by atoms with E-state index in [-0.39, 0.29) is 5.56 Å². The molecule has 2 aromatic rings. The molecule has 3 rings (SSSR count). The normalized spacial score (nSPS) is 14.1. The zero-order valence-corrected chi connectivity index (χ0v) is 13.3. The van der Waals surface area contributed by atoms with Crippen molar-refractivity contribution in [3.05, 3.63) is 48.2 Å². The van der Waals surface area contributed by atoms with Crippen LogP contribution in [-0.4, -0.2) is 36.7 Å². The monoisotopic (exact) mass is 321 g/mol. The van der Waals surface area contributed by atoms with Crippen molar-refractivity contribution in [2.24, 2.45) is 0 Å². The minimum absolute atomic E-state index is 0.266. The number of anilines is 1. The molecule has 0 spiro atoms. The van der Waals surface area contributed by atoms with Crippen LogP contribution in [0.3, 0.4) is 0 Å². The van der Waals surface area contributed by atoms with Crippen LogP contribution in [-0.2, 0) is 0 Å². The molecule has 0 atom stereocenters. The summed E-state index contributed by atoms with van der Waals surface area (Å²) in [6.45, 7) is 6.35. The van der Waals surface area contributed by atoms with Crippen LogP contribution < -0.4 is 14.8 Å².